The van der Waals surface area contributed by atoms with Crippen molar-refractivity contribution in [2.24, 2.45) is 4.99 Å². The van der Waals surface area contributed by atoms with Gasteiger partial charge in [0, 0.05) is 7.05 Å². The van der Waals surface area contributed by atoms with E-state index in [1.54, 1.807) is 0 Å². The number of hydrogen-bond acceptors (Lipinski definition) is 2. The van der Waals surface area contributed by atoms with Gasteiger partial charge in [0.05, 0.1) is 0 Å². The summed E-state index contributed by atoms with van der Waals surface area (Å²) in [5.74, 6) is -1.19. The van der Waals surface area contributed by atoms with Gasteiger partial charge in [-0.05, 0) is 0 Å². The van der Waals surface area contributed by atoms with Gasteiger partial charge in [0.1, 0.15) is 0 Å². The van der Waals surface area contributed by atoms with E-state index in [0.29, 0.717) is 0 Å². The molecule has 7 heavy (non-hydrogen) atoms. The van der Waals surface area contributed by atoms with Gasteiger partial charge >= 0.3 is 5.97 Å². The molecule has 0 heterocycles. The minimum atomic E-state index is -1.19. The van der Waals surface area contributed by atoms with E-state index in [-0.39, 0.29) is 5.17 Å². The highest BCUT2D eigenvalue weighted by Crippen LogP contribution is 1.81. The Morgan fingerprint density at radius 3 is 2.29 bits per heavy atom. The lowest BCUT2D eigenvalue weighted by Gasteiger charge is -1.80. The number of halogens is 1. The molecule has 4 heteroatoms. The van der Waals surface area contributed by atoms with Crippen LogP contribution < -0.4 is 0 Å². The Hall–Kier alpha value is -0.570. The Morgan fingerprint density at radius 2 is 2.29 bits per heavy atom. The summed E-state index contributed by atoms with van der Waals surface area (Å²) in [6.45, 7) is 0. The molecule has 0 saturated heterocycles. The first-order valence-corrected chi connectivity index (χ1v) is 1.92. The summed E-state index contributed by atoms with van der Waals surface area (Å²) in [5, 5.41) is 7.53. The van der Waals surface area contributed by atoms with Gasteiger partial charge in [0.15, 0.2) is 0 Å². The van der Waals surface area contributed by atoms with Crippen molar-refractivity contribution < 1.29 is 9.90 Å². The van der Waals surface area contributed by atoms with Crippen LogP contribution in [0.25, 0.3) is 0 Å². The third-order valence-electron chi connectivity index (χ3n) is 0.373. The molecule has 0 saturated carbocycles. The van der Waals surface area contributed by atoms with Gasteiger partial charge in [-0.15, -0.1) is 0 Å². The summed E-state index contributed by atoms with van der Waals surface area (Å²) in [5.41, 5.74) is 0. The Balaban J connectivity index is 3.82. The third kappa shape index (κ3) is 2.17. The number of nitrogens with zero attached hydrogens (tertiary/aromatic N) is 1. The van der Waals surface area contributed by atoms with Crippen LogP contribution in [0.15, 0.2) is 4.99 Å². The number of carboxylic acid groups (broad SMARTS) is 1. The van der Waals surface area contributed by atoms with Crippen LogP contribution in [0.5, 0.6) is 0 Å². The molecule has 0 amide bonds. The van der Waals surface area contributed by atoms with Crippen LogP contribution in [0.4, 0.5) is 0 Å². The van der Waals surface area contributed by atoms with Gasteiger partial charge in [0.25, 0.3) is 0 Å². The van der Waals surface area contributed by atoms with Gasteiger partial charge < -0.3 is 5.11 Å². The van der Waals surface area contributed by atoms with E-state index in [0.717, 1.165) is 0 Å². The molecular formula is C3H4ClNO2. The zero-order valence-electron chi connectivity index (χ0n) is 3.68. The molecule has 40 valence electrons. The maximum atomic E-state index is 9.67. The summed E-state index contributed by atoms with van der Waals surface area (Å²) in [6.07, 6.45) is 0. The third-order valence-corrected chi connectivity index (χ3v) is 0.703. The first-order chi connectivity index (χ1) is 3.18. The molecule has 0 spiro atoms. The summed E-state index contributed by atoms with van der Waals surface area (Å²) in [6, 6.07) is 0. The van der Waals surface area contributed by atoms with Gasteiger partial charge in [-0.3, -0.25) is 4.99 Å². The Kier molecular flexibility index (Phi) is 2.37. The highest BCUT2D eigenvalue weighted by molar-refractivity contribution is 6.81. The second-order valence-electron chi connectivity index (χ2n) is 0.820. The Morgan fingerprint density at radius 1 is 1.86 bits per heavy atom. The van der Waals surface area contributed by atoms with E-state index < -0.39 is 5.97 Å². The highest BCUT2D eigenvalue weighted by Gasteiger charge is 1.99. The molecule has 0 bridgehead atoms. The van der Waals surface area contributed by atoms with Crippen molar-refractivity contribution in [3.8, 4) is 0 Å². The zero-order chi connectivity index (χ0) is 5.86. The highest BCUT2D eigenvalue weighted by atomic mass is 35.5. The number of aliphatic imine (C=N–C) groups is 1. The fourth-order valence-corrected chi connectivity index (χ4v) is 0.0956. The van der Waals surface area contributed by atoms with E-state index in [1.165, 1.54) is 7.05 Å². The molecule has 0 aromatic heterocycles. The van der Waals surface area contributed by atoms with E-state index in [1.807, 2.05) is 0 Å². The van der Waals surface area contributed by atoms with Crippen molar-refractivity contribution in [3.63, 3.8) is 0 Å². The second-order valence-corrected chi connectivity index (χ2v) is 1.18. The average molecular weight is 122 g/mol. The lowest BCUT2D eigenvalue weighted by molar-refractivity contribution is -0.129. The van der Waals surface area contributed by atoms with E-state index >= 15 is 0 Å². The molecule has 0 unspecified atom stereocenters. The number of carboxylic acids is 1. The van der Waals surface area contributed by atoms with Crippen LogP contribution in [-0.4, -0.2) is 23.3 Å². The van der Waals surface area contributed by atoms with Crippen molar-refractivity contribution in [1.29, 1.82) is 0 Å². The molecular weight excluding hydrogens is 117 g/mol. The largest absolute Gasteiger partial charge is 0.476 e. The quantitative estimate of drug-likeness (QED) is 0.509. The van der Waals surface area contributed by atoms with Crippen LogP contribution in [0.3, 0.4) is 0 Å². The standard InChI is InChI=1S/C3H4ClNO2/c1-5-2(4)3(6)7/h1H3,(H,6,7). The zero-order valence-corrected chi connectivity index (χ0v) is 4.44. The monoisotopic (exact) mass is 121 g/mol. The van der Waals surface area contributed by atoms with Crippen LogP contribution in [0, 0.1) is 0 Å². The van der Waals surface area contributed by atoms with Crippen molar-refractivity contribution in [2.45, 2.75) is 0 Å². The molecule has 0 fully saturated rings. The molecule has 1 N–H and O–H groups in total. The first kappa shape index (κ1) is 6.43. The van der Waals surface area contributed by atoms with Crippen LogP contribution in [0.1, 0.15) is 0 Å². The van der Waals surface area contributed by atoms with Gasteiger partial charge in [-0.1, -0.05) is 11.6 Å². The van der Waals surface area contributed by atoms with Gasteiger partial charge in [-0.2, -0.15) is 0 Å². The smallest absolute Gasteiger partial charge is 0.365 e. The normalized spacial score (nSPS) is 11.4. The molecule has 0 aromatic carbocycles. The summed E-state index contributed by atoms with van der Waals surface area (Å²) in [7, 11) is 1.32. The number of carbonyl (C=O) groups is 1. The number of hydrogen-bond donors (Lipinski definition) is 1. The second kappa shape index (κ2) is 2.58. The van der Waals surface area contributed by atoms with Crippen LogP contribution >= 0.6 is 11.6 Å². The fraction of sp³-hybridized carbons (Fsp3) is 0.333. The Bertz CT molecular complexity index is 110. The summed E-state index contributed by atoms with van der Waals surface area (Å²) >= 11 is 4.95. The molecule has 0 aromatic rings. The molecule has 0 atom stereocenters. The predicted octanol–water partition coefficient (Wildman–Crippen LogP) is 0.338. The number of aliphatic carboxylic acids is 1. The average Bonchev–Trinajstić information content (AvgIpc) is 1.65. The van der Waals surface area contributed by atoms with Crippen molar-refractivity contribution in [1.82, 2.24) is 0 Å². The van der Waals surface area contributed by atoms with E-state index in [4.69, 9.17) is 16.7 Å². The topological polar surface area (TPSA) is 49.7 Å². The maximum absolute atomic E-state index is 9.67. The van der Waals surface area contributed by atoms with E-state index in [9.17, 15) is 4.79 Å². The molecule has 0 radical (unpaired) electrons. The summed E-state index contributed by atoms with van der Waals surface area (Å²) < 4.78 is 0. The lowest BCUT2D eigenvalue weighted by atomic mass is 10.7. The number of rotatable bonds is 1. The fourth-order valence-electron chi connectivity index (χ4n) is 0.0956. The SMILES string of the molecule is CN=C(Cl)C(=O)O. The molecule has 3 nitrogen and oxygen atoms in total. The minimum absolute atomic E-state index is 0.389. The van der Waals surface area contributed by atoms with Gasteiger partial charge in [0.2, 0.25) is 5.17 Å². The minimum Gasteiger partial charge on any atom is -0.476 e. The summed E-state index contributed by atoms with van der Waals surface area (Å²) in [4.78, 5) is 12.8. The molecule has 0 aliphatic heterocycles. The first-order valence-electron chi connectivity index (χ1n) is 1.54. The van der Waals surface area contributed by atoms with Crippen LogP contribution in [-0.2, 0) is 4.79 Å². The molecule has 0 aliphatic carbocycles. The van der Waals surface area contributed by atoms with E-state index in [2.05, 4.69) is 4.99 Å². The molecule has 0 aliphatic rings. The Labute approximate surface area is 45.6 Å². The maximum Gasteiger partial charge on any atom is 0.365 e. The predicted molar refractivity (Wildman–Crippen MR) is 26.8 cm³/mol. The van der Waals surface area contributed by atoms with Crippen LogP contribution in [0.2, 0.25) is 0 Å². The van der Waals surface area contributed by atoms with Gasteiger partial charge in [-0.25, -0.2) is 4.79 Å². The van der Waals surface area contributed by atoms with Crippen molar-refractivity contribution in [3.05, 3.63) is 0 Å². The van der Waals surface area contributed by atoms with Crippen molar-refractivity contribution in [2.75, 3.05) is 7.05 Å². The lowest BCUT2D eigenvalue weighted by Crippen LogP contribution is -2.03. The van der Waals surface area contributed by atoms with Crippen molar-refractivity contribution >= 4 is 22.7 Å². The molecule has 0 rings (SSSR count).